The Morgan fingerprint density at radius 2 is 2.10 bits per heavy atom. The van der Waals surface area contributed by atoms with Gasteiger partial charge in [0.1, 0.15) is 0 Å². The van der Waals surface area contributed by atoms with E-state index in [2.05, 4.69) is 20.7 Å². The Hall–Kier alpha value is -0.630. The number of sulfonamides is 1. The molecule has 1 aromatic rings. The average Bonchev–Trinajstić information content (AvgIpc) is 3.20. The summed E-state index contributed by atoms with van der Waals surface area (Å²) < 4.78 is 27.9. The Morgan fingerprint density at radius 1 is 1.45 bits per heavy atom. The second-order valence-corrected chi connectivity index (χ2v) is 7.95. The van der Waals surface area contributed by atoms with E-state index in [0.717, 1.165) is 18.5 Å². The van der Waals surface area contributed by atoms with Crippen LogP contribution < -0.4 is 15.4 Å². The summed E-state index contributed by atoms with van der Waals surface area (Å²) in [5.74, 6) is 0.467. The number of nitrogens with one attached hydrogen (secondary N) is 1. The van der Waals surface area contributed by atoms with Crippen molar-refractivity contribution in [2.75, 3.05) is 25.5 Å². The van der Waals surface area contributed by atoms with Crippen LogP contribution in [0.3, 0.4) is 0 Å². The highest BCUT2D eigenvalue weighted by Crippen LogP contribution is 2.31. The van der Waals surface area contributed by atoms with E-state index in [1.807, 2.05) is 25.1 Å². The minimum atomic E-state index is -3.55. The summed E-state index contributed by atoms with van der Waals surface area (Å²) >= 11 is 3.29. The quantitative estimate of drug-likeness (QED) is 0.805. The number of rotatable bonds is 6. The van der Waals surface area contributed by atoms with Gasteiger partial charge in [-0.3, -0.25) is 0 Å². The van der Waals surface area contributed by atoms with Gasteiger partial charge in [-0.15, -0.1) is 0 Å². The van der Waals surface area contributed by atoms with Gasteiger partial charge in [0.2, 0.25) is 10.0 Å². The fourth-order valence-electron chi connectivity index (χ4n) is 1.95. The van der Waals surface area contributed by atoms with Gasteiger partial charge >= 0.3 is 0 Å². The van der Waals surface area contributed by atoms with Gasteiger partial charge in [0.05, 0.1) is 4.90 Å². The Labute approximate surface area is 128 Å². The Bertz CT molecular complexity index is 585. The molecule has 1 atom stereocenters. The molecule has 0 aromatic heterocycles. The van der Waals surface area contributed by atoms with Crippen molar-refractivity contribution in [3.05, 3.63) is 22.7 Å². The Balaban J connectivity index is 2.17. The van der Waals surface area contributed by atoms with E-state index < -0.39 is 10.0 Å². The molecule has 20 heavy (non-hydrogen) atoms. The molecular formula is C13H20BrN3O2S. The fraction of sp³-hybridized carbons (Fsp3) is 0.538. The lowest BCUT2D eigenvalue weighted by molar-refractivity contribution is 0.547. The molecule has 0 heterocycles. The lowest BCUT2D eigenvalue weighted by Gasteiger charge is -2.16. The Kier molecular flexibility index (Phi) is 4.73. The van der Waals surface area contributed by atoms with Crippen LogP contribution in [0.2, 0.25) is 0 Å². The van der Waals surface area contributed by atoms with Crippen molar-refractivity contribution in [2.24, 2.45) is 11.7 Å². The lowest BCUT2D eigenvalue weighted by atomic mass is 10.2. The summed E-state index contributed by atoms with van der Waals surface area (Å²) in [6.45, 7) is 0.283. The van der Waals surface area contributed by atoms with Crippen LogP contribution in [0.5, 0.6) is 0 Å². The predicted molar refractivity (Wildman–Crippen MR) is 84.4 cm³/mol. The van der Waals surface area contributed by atoms with E-state index >= 15 is 0 Å². The molecule has 1 saturated carbocycles. The number of anilines is 1. The van der Waals surface area contributed by atoms with Crippen molar-refractivity contribution >= 4 is 31.6 Å². The summed E-state index contributed by atoms with van der Waals surface area (Å²) in [4.78, 5) is 2.10. The lowest BCUT2D eigenvalue weighted by Crippen LogP contribution is -2.38. The van der Waals surface area contributed by atoms with E-state index in [4.69, 9.17) is 5.73 Å². The van der Waals surface area contributed by atoms with Gasteiger partial charge in [-0.25, -0.2) is 13.1 Å². The molecular weight excluding hydrogens is 342 g/mol. The first-order valence-corrected chi connectivity index (χ1v) is 8.81. The minimum Gasteiger partial charge on any atom is -0.378 e. The first kappa shape index (κ1) is 15.8. The van der Waals surface area contributed by atoms with Crippen LogP contribution in [-0.2, 0) is 10.0 Å². The third kappa shape index (κ3) is 3.72. The van der Waals surface area contributed by atoms with Crippen molar-refractivity contribution in [1.29, 1.82) is 0 Å². The van der Waals surface area contributed by atoms with Crippen molar-refractivity contribution in [3.63, 3.8) is 0 Å². The predicted octanol–water partition coefficient (Wildman–Crippen LogP) is 1.53. The normalized spacial score (nSPS) is 17.0. The zero-order chi connectivity index (χ0) is 14.9. The molecule has 0 saturated heterocycles. The summed E-state index contributed by atoms with van der Waals surface area (Å²) in [5, 5.41) is 0. The smallest absolute Gasteiger partial charge is 0.241 e. The van der Waals surface area contributed by atoms with Crippen molar-refractivity contribution < 1.29 is 8.42 Å². The monoisotopic (exact) mass is 361 g/mol. The average molecular weight is 362 g/mol. The third-order valence-electron chi connectivity index (χ3n) is 3.46. The molecule has 1 aliphatic carbocycles. The molecule has 1 unspecified atom stereocenters. The Morgan fingerprint density at radius 3 is 2.65 bits per heavy atom. The summed E-state index contributed by atoms with van der Waals surface area (Å²) in [6, 6.07) is 5.15. The van der Waals surface area contributed by atoms with Crippen LogP contribution >= 0.6 is 15.9 Å². The van der Waals surface area contributed by atoms with Gasteiger partial charge in [-0.2, -0.15) is 0 Å². The summed E-state index contributed by atoms with van der Waals surface area (Å²) in [7, 11) is 0.191. The van der Waals surface area contributed by atoms with Gasteiger partial charge in [0.25, 0.3) is 0 Å². The number of hydrogen-bond acceptors (Lipinski definition) is 4. The third-order valence-corrected chi connectivity index (χ3v) is 5.87. The van der Waals surface area contributed by atoms with Crippen LogP contribution in [0.15, 0.2) is 27.6 Å². The van der Waals surface area contributed by atoms with Crippen molar-refractivity contribution in [1.82, 2.24) is 4.72 Å². The highest BCUT2D eigenvalue weighted by molar-refractivity contribution is 9.10. The van der Waals surface area contributed by atoms with Crippen LogP contribution in [-0.4, -0.2) is 35.1 Å². The SMILES string of the molecule is CN(C)c1ccc(Br)c(S(=O)(=O)NCC(N)C2CC2)c1. The van der Waals surface area contributed by atoms with Crippen LogP contribution in [0.25, 0.3) is 0 Å². The second kappa shape index (κ2) is 6.01. The maximum absolute atomic E-state index is 12.4. The van der Waals surface area contributed by atoms with Crippen LogP contribution in [0.1, 0.15) is 12.8 Å². The van der Waals surface area contributed by atoms with E-state index in [1.54, 1.807) is 12.1 Å². The van der Waals surface area contributed by atoms with Gasteiger partial charge in [-0.05, 0) is 52.9 Å². The second-order valence-electron chi connectivity index (χ2n) is 5.36. The highest BCUT2D eigenvalue weighted by Gasteiger charge is 2.29. The van der Waals surface area contributed by atoms with E-state index in [9.17, 15) is 8.42 Å². The topological polar surface area (TPSA) is 75.4 Å². The highest BCUT2D eigenvalue weighted by atomic mass is 79.9. The maximum Gasteiger partial charge on any atom is 0.241 e. The van der Waals surface area contributed by atoms with E-state index in [0.29, 0.717) is 10.4 Å². The van der Waals surface area contributed by atoms with Crippen LogP contribution in [0, 0.1) is 5.92 Å². The van der Waals surface area contributed by atoms with Crippen molar-refractivity contribution in [2.45, 2.75) is 23.8 Å². The van der Waals surface area contributed by atoms with Gasteiger partial charge < -0.3 is 10.6 Å². The molecule has 2 rings (SSSR count). The van der Waals surface area contributed by atoms with Gasteiger partial charge in [0.15, 0.2) is 0 Å². The molecule has 3 N–H and O–H groups in total. The maximum atomic E-state index is 12.4. The van der Waals surface area contributed by atoms with Gasteiger partial charge in [0, 0.05) is 36.8 Å². The number of hydrogen-bond donors (Lipinski definition) is 2. The zero-order valence-corrected chi connectivity index (χ0v) is 14.0. The molecule has 0 radical (unpaired) electrons. The standard InChI is InChI=1S/C13H20BrN3O2S/c1-17(2)10-5-6-11(14)13(7-10)20(18,19)16-8-12(15)9-3-4-9/h5-7,9,12,16H,3-4,8,15H2,1-2H3. The molecule has 0 spiro atoms. The number of nitrogens with two attached hydrogens (primary N) is 1. The van der Waals surface area contributed by atoms with Gasteiger partial charge in [-0.1, -0.05) is 0 Å². The molecule has 0 bridgehead atoms. The molecule has 1 aromatic carbocycles. The van der Waals surface area contributed by atoms with Crippen molar-refractivity contribution in [3.8, 4) is 0 Å². The molecule has 0 amide bonds. The largest absolute Gasteiger partial charge is 0.378 e. The molecule has 1 fully saturated rings. The molecule has 7 heteroatoms. The fourth-order valence-corrected chi connectivity index (χ4v) is 4.00. The molecule has 1 aliphatic rings. The number of benzene rings is 1. The zero-order valence-electron chi connectivity index (χ0n) is 11.6. The number of halogens is 1. The van der Waals surface area contributed by atoms with E-state index in [1.165, 1.54) is 0 Å². The molecule has 112 valence electrons. The first-order valence-electron chi connectivity index (χ1n) is 6.53. The van der Waals surface area contributed by atoms with Crippen LogP contribution in [0.4, 0.5) is 5.69 Å². The first-order chi connectivity index (χ1) is 9.31. The molecule has 5 nitrogen and oxygen atoms in total. The summed E-state index contributed by atoms with van der Waals surface area (Å²) in [5.41, 5.74) is 6.77. The molecule has 0 aliphatic heterocycles. The van der Waals surface area contributed by atoms with E-state index in [-0.39, 0.29) is 17.5 Å². The number of nitrogens with zero attached hydrogens (tertiary/aromatic N) is 1. The summed E-state index contributed by atoms with van der Waals surface area (Å²) in [6.07, 6.45) is 2.20. The minimum absolute atomic E-state index is 0.0967.